The van der Waals surface area contributed by atoms with Crippen LogP contribution in [-0.4, -0.2) is 26.8 Å². The molecule has 0 saturated heterocycles. The number of hydrogen-bond donors (Lipinski definition) is 2. The van der Waals surface area contributed by atoms with Crippen molar-refractivity contribution in [2.24, 2.45) is 0 Å². The van der Waals surface area contributed by atoms with E-state index in [1.807, 2.05) is 74.5 Å². The number of amides is 2. The Hall–Kier alpha value is -3.93. The molecular formula is C26H27N5O. The van der Waals surface area contributed by atoms with Crippen LogP contribution in [0, 0.1) is 0 Å². The average molecular weight is 426 g/mol. The fourth-order valence-corrected chi connectivity index (χ4v) is 3.96. The molecule has 32 heavy (non-hydrogen) atoms. The molecule has 0 bridgehead atoms. The summed E-state index contributed by atoms with van der Waals surface area (Å²) in [5.74, 6) is 0.0559. The molecule has 1 aromatic heterocycles. The summed E-state index contributed by atoms with van der Waals surface area (Å²) in [6, 6.07) is 28.0. The van der Waals surface area contributed by atoms with Crippen LogP contribution in [0.5, 0.6) is 0 Å². The molecule has 1 heterocycles. The number of nitrogens with zero attached hydrogens (tertiary/aromatic N) is 3. The zero-order chi connectivity index (χ0) is 22.3. The number of hydrogen-bond acceptors (Lipinski definition) is 3. The maximum absolute atomic E-state index is 12.8. The summed E-state index contributed by atoms with van der Waals surface area (Å²) < 4.78 is 1.70. The van der Waals surface area contributed by atoms with E-state index < -0.39 is 0 Å². The fraction of sp³-hybridized carbons (Fsp3) is 0.192. The second-order valence-electron chi connectivity index (χ2n) is 7.86. The Morgan fingerprint density at radius 2 is 1.38 bits per heavy atom. The second-order valence-corrected chi connectivity index (χ2v) is 7.86. The molecule has 162 valence electrons. The van der Waals surface area contributed by atoms with Crippen LogP contribution in [0.1, 0.15) is 42.5 Å². The van der Waals surface area contributed by atoms with Gasteiger partial charge in [-0.15, -0.1) is 0 Å². The van der Waals surface area contributed by atoms with E-state index in [1.165, 1.54) is 17.5 Å². The molecule has 0 spiro atoms. The first kappa shape index (κ1) is 21.3. The van der Waals surface area contributed by atoms with Crippen molar-refractivity contribution in [2.75, 3.05) is 0 Å². The number of carbonyl (C=O) groups excluding carboxylic acids is 1. The minimum absolute atomic E-state index is 0.0559. The molecule has 2 N–H and O–H groups in total. The molecule has 0 saturated carbocycles. The van der Waals surface area contributed by atoms with Crippen molar-refractivity contribution < 1.29 is 4.79 Å². The Morgan fingerprint density at radius 1 is 0.781 bits per heavy atom. The Balaban J connectivity index is 1.43. The van der Waals surface area contributed by atoms with E-state index in [9.17, 15) is 4.79 Å². The van der Waals surface area contributed by atoms with Crippen LogP contribution in [0.3, 0.4) is 0 Å². The summed E-state index contributed by atoms with van der Waals surface area (Å²) in [6.45, 7) is 4.02. The highest BCUT2D eigenvalue weighted by atomic mass is 16.2. The molecule has 0 aliphatic rings. The van der Waals surface area contributed by atoms with Gasteiger partial charge in [-0.1, -0.05) is 72.8 Å². The van der Waals surface area contributed by atoms with Crippen LogP contribution in [0.15, 0.2) is 97.6 Å². The molecular weight excluding hydrogens is 398 g/mol. The number of rotatable bonds is 7. The highest BCUT2D eigenvalue weighted by Gasteiger charge is 2.23. The van der Waals surface area contributed by atoms with Crippen LogP contribution < -0.4 is 10.6 Å². The molecule has 0 aliphatic carbocycles. The lowest BCUT2D eigenvalue weighted by Gasteiger charge is -2.27. The molecule has 2 atom stereocenters. The molecule has 4 rings (SSSR count). The van der Waals surface area contributed by atoms with Crippen LogP contribution in [-0.2, 0) is 0 Å². The van der Waals surface area contributed by atoms with E-state index in [0.717, 1.165) is 11.3 Å². The Bertz CT molecular complexity index is 1070. The molecule has 0 aliphatic heterocycles. The minimum Gasteiger partial charge on any atom is -0.335 e. The molecule has 4 aromatic rings. The summed E-state index contributed by atoms with van der Waals surface area (Å²) in [5, 5.41) is 10.3. The molecule has 2 unspecified atom stereocenters. The molecule has 0 radical (unpaired) electrons. The Morgan fingerprint density at radius 3 is 1.91 bits per heavy atom. The van der Waals surface area contributed by atoms with Crippen molar-refractivity contribution in [1.82, 2.24) is 25.4 Å². The predicted octanol–water partition coefficient (Wildman–Crippen LogP) is 4.85. The van der Waals surface area contributed by atoms with E-state index in [1.54, 1.807) is 11.0 Å². The molecule has 6 heteroatoms. The van der Waals surface area contributed by atoms with Crippen molar-refractivity contribution in [3.8, 4) is 5.69 Å². The maximum Gasteiger partial charge on any atom is 0.315 e. The second kappa shape index (κ2) is 9.92. The highest BCUT2D eigenvalue weighted by Crippen LogP contribution is 2.28. The normalized spacial score (nSPS) is 12.8. The third kappa shape index (κ3) is 5.03. The third-order valence-corrected chi connectivity index (χ3v) is 5.60. The van der Waals surface area contributed by atoms with E-state index in [4.69, 9.17) is 0 Å². The van der Waals surface area contributed by atoms with Gasteiger partial charge in [-0.3, -0.25) is 0 Å². The van der Waals surface area contributed by atoms with Gasteiger partial charge in [-0.2, -0.15) is 5.10 Å². The zero-order valence-corrected chi connectivity index (χ0v) is 18.2. The van der Waals surface area contributed by atoms with Gasteiger partial charge < -0.3 is 10.6 Å². The number of nitrogens with one attached hydrogen (secondary N) is 2. The molecule has 3 aromatic carbocycles. The topological polar surface area (TPSA) is 71.8 Å². The van der Waals surface area contributed by atoms with Gasteiger partial charge in [0.1, 0.15) is 12.7 Å². The largest absolute Gasteiger partial charge is 0.335 e. The fourth-order valence-electron chi connectivity index (χ4n) is 3.96. The van der Waals surface area contributed by atoms with Crippen molar-refractivity contribution >= 4 is 6.03 Å². The van der Waals surface area contributed by atoms with Gasteiger partial charge >= 0.3 is 6.03 Å². The average Bonchev–Trinajstić information content (AvgIpc) is 3.36. The van der Waals surface area contributed by atoms with Gasteiger partial charge in [0.25, 0.3) is 0 Å². The zero-order valence-electron chi connectivity index (χ0n) is 18.2. The highest BCUT2D eigenvalue weighted by molar-refractivity contribution is 5.75. The van der Waals surface area contributed by atoms with Gasteiger partial charge in [0, 0.05) is 12.0 Å². The van der Waals surface area contributed by atoms with Gasteiger partial charge in [-0.25, -0.2) is 14.5 Å². The van der Waals surface area contributed by atoms with E-state index in [-0.39, 0.29) is 24.0 Å². The van der Waals surface area contributed by atoms with Crippen molar-refractivity contribution in [2.45, 2.75) is 31.8 Å². The van der Waals surface area contributed by atoms with Crippen molar-refractivity contribution in [3.05, 3.63) is 114 Å². The first-order valence-corrected chi connectivity index (χ1v) is 10.7. The first-order chi connectivity index (χ1) is 15.6. The van der Waals surface area contributed by atoms with Gasteiger partial charge in [0.15, 0.2) is 0 Å². The minimum atomic E-state index is -0.192. The Kier molecular flexibility index (Phi) is 6.60. The predicted molar refractivity (Wildman–Crippen MR) is 126 cm³/mol. The maximum atomic E-state index is 12.8. The van der Waals surface area contributed by atoms with Crippen LogP contribution >= 0.6 is 0 Å². The standard InChI is InChI=1S/C26H27N5O/c1-19(21-13-15-24(16-14-21)31-18-27-17-28-31)29-26(32)30-20(2)25(22-9-5-3-6-10-22)23-11-7-4-8-12-23/h3-20,25H,1-2H3,(H2,29,30,32). The van der Waals surface area contributed by atoms with E-state index in [2.05, 4.69) is 45.0 Å². The summed E-state index contributed by atoms with van der Waals surface area (Å²) in [5.41, 5.74) is 4.27. The summed E-state index contributed by atoms with van der Waals surface area (Å²) in [4.78, 5) is 16.8. The first-order valence-electron chi connectivity index (χ1n) is 10.7. The van der Waals surface area contributed by atoms with E-state index >= 15 is 0 Å². The third-order valence-electron chi connectivity index (χ3n) is 5.60. The van der Waals surface area contributed by atoms with E-state index in [0.29, 0.717) is 0 Å². The summed E-state index contributed by atoms with van der Waals surface area (Å²) >= 11 is 0. The number of urea groups is 1. The van der Waals surface area contributed by atoms with Gasteiger partial charge in [0.05, 0.1) is 11.7 Å². The van der Waals surface area contributed by atoms with Crippen LogP contribution in [0.25, 0.3) is 5.69 Å². The van der Waals surface area contributed by atoms with Crippen molar-refractivity contribution in [3.63, 3.8) is 0 Å². The molecule has 2 amide bonds. The molecule has 0 fully saturated rings. The number of carbonyl (C=O) groups is 1. The lowest BCUT2D eigenvalue weighted by atomic mass is 9.86. The number of benzene rings is 3. The lowest BCUT2D eigenvalue weighted by molar-refractivity contribution is 0.233. The summed E-state index contributed by atoms with van der Waals surface area (Å²) in [6.07, 6.45) is 3.16. The Labute approximate surface area is 188 Å². The monoisotopic (exact) mass is 425 g/mol. The summed E-state index contributed by atoms with van der Waals surface area (Å²) in [7, 11) is 0. The lowest BCUT2D eigenvalue weighted by Crippen LogP contribution is -2.44. The van der Waals surface area contributed by atoms with Crippen LogP contribution in [0.2, 0.25) is 0 Å². The quantitative estimate of drug-likeness (QED) is 0.445. The van der Waals surface area contributed by atoms with Crippen molar-refractivity contribution in [1.29, 1.82) is 0 Å². The molecule has 6 nitrogen and oxygen atoms in total. The van der Waals surface area contributed by atoms with Gasteiger partial charge in [0.2, 0.25) is 0 Å². The number of aromatic nitrogens is 3. The SMILES string of the molecule is CC(NC(=O)NC(C)C(c1ccccc1)c1ccccc1)c1ccc(-n2cncn2)cc1. The van der Waals surface area contributed by atoms with Gasteiger partial charge in [-0.05, 0) is 42.7 Å². The van der Waals surface area contributed by atoms with Crippen LogP contribution in [0.4, 0.5) is 4.79 Å². The smallest absolute Gasteiger partial charge is 0.315 e.